The van der Waals surface area contributed by atoms with E-state index in [9.17, 15) is 0 Å². The van der Waals surface area contributed by atoms with E-state index in [1.165, 1.54) is 0 Å². The lowest BCUT2D eigenvalue weighted by Gasteiger charge is -1.86. The zero-order chi connectivity index (χ0) is 5.11. The third-order valence-corrected chi connectivity index (χ3v) is 0.684. The quantitative estimate of drug-likeness (QED) is 0.297. The molecule has 0 atom stereocenters. The van der Waals surface area contributed by atoms with E-state index in [1.807, 2.05) is 0 Å². The van der Waals surface area contributed by atoms with Gasteiger partial charge in [0.15, 0.2) is 6.21 Å². The van der Waals surface area contributed by atoms with Crippen LogP contribution in [0, 0.1) is 6.58 Å². The number of allylic oxidation sites excluding steroid dienone is 3. The molecule has 0 spiro atoms. The van der Waals surface area contributed by atoms with Crippen molar-refractivity contribution in [1.82, 2.24) is 4.67 Å². The van der Waals surface area contributed by atoms with Crippen LogP contribution in [0.1, 0.15) is 0 Å². The van der Waals surface area contributed by atoms with Crippen molar-refractivity contribution in [1.29, 1.82) is 0 Å². The minimum absolute atomic E-state index is 0.711. The van der Waals surface area contributed by atoms with Gasteiger partial charge in [-0.3, -0.25) is 0 Å². The molecule has 0 radical (unpaired) electrons. The van der Waals surface area contributed by atoms with Crippen LogP contribution in [0.3, 0.4) is 0 Å². The SMILES string of the molecule is [CH-]=C1C=CC=[N+]=C1. The van der Waals surface area contributed by atoms with Crippen molar-refractivity contribution >= 4 is 12.4 Å². The molecule has 0 saturated heterocycles. The van der Waals surface area contributed by atoms with E-state index in [1.54, 1.807) is 24.6 Å². The Morgan fingerprint density at radius 2 is 2.43 bits per heavy atom. The molecule has 1 rings (SSSR count). The summed E-state index contributed by atoms with van der Waals surface area (Å²) in [7, 11) is 0. The van der Waals surface area contributed by atoms with Crippen LogP contribution < -0.4 is 4.67 Å². The molecule has 1 heteroatoms. The van der Waals surface area contributed by atoms with Gasteiger partial charge < -0.3 is 0 Å². The second-order valence-corrected chi connectivity index (χ2v) is 1.29. The van der Waals surface area contributed by atoms with Crippen molar-refractivity contribution in [2.75, 3.05) is 0 Å². The Bertz CT molecular complexity index is 169. The second kappa shape index (κ2) is 1.59. The number of hydrogen-bond acceptors (Lipinski definition) is 0. The minimum Gasteiger partial charge on any atom is -0.212 e. The van der Waals surface area contributed by atoms with Crippen LogP contribution in [0.25, 0.3) is 0 Å². The maximum Gasteiger partial charge on any atom is 0.264 e. The number of hydrogen-bond donors (Lipinski definition) is 0. The van der Waals surface area contributed by atoms with Crippen molar-refractivity contribution in [3.8, 4) is 0 Å². The van der Waals surface area contributed by atoms with Crippen LogP contribution in [-0.4, -0.2) is 12.4 Å². The highest BCUT2D eigenvalue weighted by atomic mass is 14.5. The van der Waals surface area contributed by atoms with Gasteiger partial charge in [0.1, 0.15) is 0 Å². The summed E-state index contributed by atoms with van der Waals surface area (Å²) in [5.74, 6) is 0. The summed E-state index contributed by atoms with van der Waals surface area (Å²) >= 11 is 0. The van der Waals surface area contributed by atoms with Gasteiger partial charge in [0.2, 0.25) is 0 Å². The summed E-state index contributed by atoms with van der Waals surface area (Å²) in [6.45, 7) is 5.30. The van der Waals surface area contributed by atoms with E-state index in [0.29, 0.717) is 5.57 Å². The predicted octanol–water partition coefficient (Wildman–Crippen LogP) is 0.124. The van der Waals surface area contributed by atoms with Crippen LogP contribution in [-0.2, 0) is 0 Å². The van der Waals surface area contributed by atoms with E-state index < -0.39 is 0 Å². The monoisotopic (exact) mass is 91.0 g/mol. The lowest BCUT2D eigenvalue weighted by Crippen LogP contribution is -1.87. The second-order valence-electron chi connectivity index (χ2n) is 1.29. The molecule has 1 aliphatic heterocycles. The topological polar surface area (TPSA) is 14.1 Å². The smallest absolute Gasteiger partial charge is 0.212 e. The third kappa shape index (κ3) is 0.881. The van der Waals surface area contributed by atoms with Gasteiger partial charge >= 0.3 is 0 Å². The Kier molecular flexibility index (Phi) is 0.928. The molecule has 0 N–H and O–H groups in total. The molecule has 0 aromatic rings. The summed E-state index contributed by atoms with van der Waals surface area (Å²) in [6.07, 6.45) is 6.90. The Balaban J connectivity index is 2.98. The average molecular weight is 91.1 g/mol. The molecule has 0 bridgehead atoms. The van der Waals surface area contributed by atoms with Gasteiger partial charge in [-0.05, 0) is 6.08 Å². The first-order valence-corrected chi connectivity index (χ1v) is 2.05. The molecule has 0 saturated carbocycles. The maximum atomic E-state index is 5.30. The van der Waals surface area contributed by atoms with Gasteiger partial charge in [-0.2, -0.15) is 10.7 Å². The van der Waals surface area contributed by atoms with Crippen LogP contribution >= 0.6 is 0 Å². The Morgan fingerprint density at radius 1 is 1.57 bits per heavy atom. The molecule has 34 valence electrons. The summed E-state index contributed by atoms with van der Waals surface area (Å²) in [4.78, 5) is 0. The molecular formula is C6H5N. The van der Waals surface area contributed by atoms with Crippen LogP contribution in [0.4, 0.5) is 0 Å². The molecule has 1 nitrogen and oxygen atoms in total. The van der Waals surface area contributed by atoms with Gasteiger partial charge in [0.05, 0.1) is 0 Å². The zero-order valence-corrected chi connectivity index (χ0v) is 3.83. The minimum atomic E-state index is 0.711. The highest BCUT2D eigenvalue weighted by Gasteiger charge is 1.79. The highest BCUT2D eigenvalue weighted by Crippen LogP contribution is 1.84. The molecule has 0 unspecified atom stereocenters. The van der Waals surface area contributed by atoms with Crippen molar-refractivity contribution in [2.24, 2.45) is 0 Å². The summed E-state index contributed by atoms with van der Waals surface area (Å²) in [6, 6.07) is 0. The zero-order valence-electron chi connectivity index (χ0n) is 3.83. The summed E-state index contributed by atoms with van der Waals surface area (Å²) in [5.41, 5.74) is 0.711. The standard InChI is InChI=1S/C6H5N/c1-6-3-2-4-7-5-6/h1-5H. The normalized spacial score (nSPS) is 15.7. The Hall–Kier alpha value is -1.07. The third-order valence-electron chi connectivity index (χ3n) is 0.684. The van der Waals surface area contributed by atoms with Crippen LogP contribution in [0.5, 0.6) is 0 Å². The molecule has 1 aliphatic rings. The van der Waals surface area contributed by atoms with E-state index in [4.69, 9.17) is 6.58 Å². The first kappa shape index (κ1) is 4.10. The van der Waals surface area contributed by atoms with Crippen molar-refractivity contribution in [2.45, 2.75) is 0 Å². The Morgan fingerprint density at radius 3 is 2.71 bits per heavy atom. The fourth-order valence-electron chi connectivity index (χ4n) is 0.376. The first-order valence-electron chi connectivity index (χ1n) is 2.05. The molecule has 0 aromatic heterocycles. The van der Waals surface area contributed by atoms with Crippen LogP contribution in [0.2, 0.25) is 0 Å². The number of rotatable bonds is 0. The van der Waals surface area contributed by atoms with E-state index in [-0.39, 0.29) is 0 Å². The molecule has 0 fully saturated rings. The van der Waals surface area contributed by atoms with Crippen LogP contribution in [0.15, 0.2) is 17.7 Å². The van der Waals surface area contributed by atoms with Gasteiger partial charge in [-0.15, -0.1) is 5.57 Å². The summed E-state index contributed by atoms with van der Waals surface area (Å²) < 4.78 is 3.76. The molecule has 0 aliphatic carbocycles. The van der Waals surface area contributed by atoms with E-state index in [0.717, 1.165) is 0 Å². The predicted molar refractivity (Wildman–Crippen MR) is 31.2 cm³/mol. The van der Waals surface area contributed by atoms with Crippen molar-refractivity contribution in [3.05, 3.63) is 24.3 Å². The average Bonchev–Trinajstić information content (AvgIpc) is 1.69. The molecule has 7 heavy (non-hydrogen) atoms. The van der Waals surface area contributed by atoms with Gasteiger partial charge in [-0.25, -0.2) is 6.58 Å². The van der Waals surface area contributed by atoms with E-state index in [2.05, 4.69) is 4.67 Å². The Labute approximate surface area is 42.4 Å². The van der Waals surface area contributed by atoms with Crippen molar-refractivity contribution in [3.63, 3.8) is 0 Å². The fourth-order valence-corrected chi connectivity index (χ4v) is 0.376. The van der Waals surface area contributed by atoms with Gasteiger partial charge in [-0.1, -0.05) is 0 Å². The lowest BCUT2D eigenvalue weighted by atomic mass is 10.3. The molecule has 0 aromatic carbocycles. The largest absolute Gasteiger partial charge is 0.264 e. The number of nitrogens with zero attached hydrogens (tertiary/aromatic N) is 1. The molecule has 0 amide bonds. The summed E-state index contributed by atoms with van der Waals surface area (Å²) in [5, 5.41) is 0. The van der Waals surface area contributed by atoms with E-state index >= 15 is 0 Å². The maximum absolute atomic E-state index is 5.30. The van der Waals surface area contributed by atoms with Crippen molar-refractivity contribution < 1.29 is 0 Å². The molecule has 1 heterocycles. The fraction of sp³-hybridized carbons (Fsp3) is 0. The lowest BCUT2D eigenvalue weighted by molar-refractivity contribution is 1.67. The van der Waals surface area contributed by atoms with Gasteiger partial charge in [0, 0.05) is 0 Å². The highest BCUT2D eigenvalue weighted by molar-refractivity contribution is 5.89. The van der Waals surface area contributed by atoms with Gasteiger partial charge in [0.25, 0.3) is 6.21 Å². The first-order chi connectivity index (χ1) is 3.39. The molecular weight excluding hydrogens is 86.1 g/mol.